The second-order valence-electron chi connectivity index (χ2n) is 8.11. The van der Waals surface area contributed by atoms with Gasteiger partial charge in [-0.1, -0.05) is 65.7 Å². The van der Waals surface area contributed by atoms with E-state index in [4.69, 9.17) is 11.6 Å². The Balaban J connectivity index is 2.02. The molecule has 35 heavy (non-hydrogen) atoms. The molecule has 0 saturated carbocycles. The molecule has 0 fully saturated rings. The summed E-state index contributed by atoms with van der Waals surface area (Å²) in [5, 5.41) is 2.90. The molecule has 0 aliphatic heterocycles. The second kappa shape index (κ2) is 11.4. The van der Waals surface area contributed by atoms with Crippen molar-refractivity contribution >= 4 is 39.1 Å². The van der Waals surface area contributed by atoms with Crippen molar-refractivity contribution in [2.75, 3.05) is 17.9 Å². The molecule has 0 aliphatic carbocycles. The van der Waals surface area contributed by atoms with Gasteiger partial charge in [-0.3, -0.25) is 13.9 Å². The van der Waals surface area contributed by atoms with E-state index in [2.05, 4.69) is 5.32 Å². The molecule has 0 unspecified atom stereocenters. The van der Waals surface area contributed by atoms with Crippen molar-refractivity contribution in [1.82, 2.24) is 10.2 Å². The third-order valence-electron chi connectivity index (χ3n) is 5.56. The van der Waals surface area contributed by atoms with Gasteiger partial charge in [0.05, 0.1) is 10.6 Å². The van der Waals surface area contributed by atoms with E-state index in [0.717, 1.165) is 15.4 Å². The highest BCUT2D eigenvalue weighted by molar-refractivity contribution is 7.92. The maximum absolute atomic E-state index is 13.6. The highest BCUT2D eigenvalue weighted by Crippen LogP contribution is 2.26. The number of hydrogen-bond donors (Lipinski definition) is 1. The topological polar surface area (TPSA) is 86.8 Å². The van der Waals surface area contributed by atoms with Crippen LogP contribution in [0.2, 0.25) is 5.02 Å². The molecule has 0 bridgehead atoms. The SMILES string of the molecule is CNC(=O)[C@@H](C)N(Cc1cccc(C)c1)C(=O)CN(c1cccc(Cl)c1)S(=O)(=O)c1ccccc1. The third kappa shape index (κ3) is 6.41. The zero-order valence-corrected chi connectivity index (χ0v) is 21.4. The summed E-state index contributed by atoms with van der Waals surface area (Å²) in [6.07, 6.45) is 0. The number of benzene rings is 3. The first-order chi connectivity index (χ1) is 16.6. The Labute approximate surface area is 211 Å². The van der Waals surface area contributed by atoms with Gasteiger partial charge in [0, 0.05) is 18.6 Å². The quantitative estimate of drug-likeness (QED) is 0.468. The number of anilines is 1. The average Bonchev–Trinajstić information content (AvgIpc) is 2.85. The molecule has 1 atom stereocenters. The number of amides is 2. The Bertz CT molecular complexity index is 1300. The van der Waals surface area contributed by atoms with E-state index in [9.17, 15) is 18.0 Å². The van der Waals surface area contributed by atoms with Crippen LogP contribution < -0.4 is 9.62 Å². The lowest BCUT2D eigenvalue weighted by atomic mass is 10.1. The number of nitrogens with zero attached hydrogens (tertiary/aromatic N) is 2. The lowest BCUT2D eigenvalue weighted by Gasteiger charge is -2.31. The summed E-state index contributed by atoms with van der Waals surface area (Å²) in [6.45, 7) is 3.18. The molecule has 3 aromatic carbocycles. The minimum Gasteiger partial charge on any atom is -0.357 e. The molecule has 0 radical (unpaired) electrons. The first kappa shape index (κ1) is 26.2. The largest absolute Gasteiger partial charge is 0.357 e. The van der Waals surface area contributed by atoms with Crippen LogP contribution >= 0.6 is 11.6 Å². The number of hydrogen-bond acceptors (Lipinski definition) is 4. The van der Waals surface area contributed by atoms with Crippen molar-refractivity contribution in [3.05, 3.63) is 95.0 Å². The summed E-state index contributed by atoms with van der Waals surface area (Å²) in [6, 6.07) is 20.9. The number of nitrogens with one attached hydrogen (secondary N) is 1. The first-order valence-corrected chi connectivity index (χ1v) is 12.8. The maximum atomic E-state index is 13.6. The number of halogens is 1. The van der Waals surface area contributed by atoms with Gasteiger partial charge in [0.1, 0.15) is 12.6 Å². The zero-order valence-electron chi connectivity index (χ0n) is 19.8. The van der Waals surface area contributed by atoms with E-state index in [1.807, 2.05) is 31.2 Å². The summed E-state index contributed by atoms with van der Waals surface area (Å²) >= 11 is 6.15. The lowest BCUT2D eigenvalue weighted by molar-refractivity contribution is -0.139. The van der Waals surface area contributed by atoms with Crippen molar-refractivity contribution in [1.29, 1.82) is 0 Å². The van der Waals surface area contributed by atoms with E-state index in [0.29, 0.717) is 5.02 Å². The number of carbonyl (C=O) groups excluding carboxylic acids is 2. The minimum atomic E-state index is -4.10. The monoisotopic (exact) mass is 513 g/mol. The number of likely N-dealkylation sites (N-methyl/N-ethyl adjacent to an activating group) is 1. The van der Waals surface area contributed by atoms with Gasteiger partial charge in [-0.25, -0.2) is 8.42 Å². The molecule has 0 spiro atoms. The summed E-state index contributed by atoms with van der Waals surface area (Å²) in [5.41, 5.74) is 2.09. The summed E-state index contributed by atoms with van der Waals surface area (Å²) < 4.78 is 28.2. The molecule has 2 amide bonds. The van der Waals surface area contributed by atoms with Gasteiger partial charge in [-0.05, 0) is 49.7 Å². The smallest absolute Gasteiger partial charge is 0.264 e. The number of sulfonamides is 1. The van der Waals surface area contributed by atoms with Crippen LogP contribution in [0.4, 0.5) is 5.69 Å². The van der Waals surface area contributed by atoms with Crippen LogP contribution in [0, 0.1) is 6.92 Å². The van der Waals surface area contributed by atoms with Gasteiger partial charge in [0.2, 0.25) is 11.8 Å². The second-order valence-corrected chi connectivity index (χ2v) is 10.4. The first-order valence-electron chi connectivity index (χ1n) is 11.0. The Hall–Kier alpha value is -3.36. The van der Waals surface area contributed by atoms with Crippen LogP contribution in [-0.2, 0) is 26.2 Å². The fraction of sp³-hybridized carbons (Fsp3) is 0.231. The zero-order chi connectivity index (χ0) is 25.6. The van der Waals surface area contributed by atoms with Gasteiger partial charge in [0.25, 0.3) is 10.0 Å². The van der Waals surface area contributed by atoms with Gasteiger partial charge in [0.15, 0.2) is 0 Å². The van der Waals surface area contributed by atoms with Crippen LogP contribution in [0.5, 0.6) is 0 Å². The molecular weight excluding hydrogens is 486 g/mol. The molecule has 9 heteroatoms. The molecule has 3 rings (SSSR count). The van der Waals surface area contributed by atoms with Crippen molar-refractivity contribution in [3.63, 3.8) is 0 Å². The van der Waals surface area contributed by atoms with Gasteiger partial charge < -0.3 is 10.2 Å². The van der Waals surface area contributed by atoms with Crippen LogP contribution in [-0.4, -0.2) is 44.8 Å². The van der Waals surface area contributed by atoms with Crippen LogP contribution in [0.1, 0.15) is 18.1 Å². The van der Waals surface area contributed by atoms with Crippen molar-refractivity contribution < 1.29 is 18.0 Å². The minimum absolute atomic E-state index is 0.0392. The average molecular weight is 514 g/mol. The molecule has 1 N–H and O–H groups in total. The lowest BCUT2D eigenvalue weighted by Crippen LogP contribution is -2.50. The number of rotatable bonds is 9. The molecule has 0 saturated heterocycles. The van der Waals surface area contributed by atoms with Crippen molar-refractivity contribution in [2.45, 2.75) is 31.3 Å². The van der Waals surface area contributed by atoms with Crippen LogP contribution in [0.15, 0.2) is 83.8 Å². The van der Waals surface area contributed by atoms with Gasteiger partial charge in [-0.15, -0.1) is 0 Å². The predicted octanol–water partition coefficient (Wildman–Crippen LogP) is 4.01. The summed E-state index contributed by atoms with van der Waals surface area (Å²) in [4.78, 5) is 27.5. The number of aryl methyl sites for hydroxylation is 1. The fourth-order valence-electron chi connectivity index (χ4n) is 3.68. The molecular formula is C26H28ClN3O4S. The molecule has 184 valence electrons. The van der Waals surface area contributed by atoms with Gasteiger partial charge in [-0.2, -0.15) is 0 Å². The molecule has 7 nitrogen and oxygen atoms in total. The van der Waals surface area contributed by atoms with Crippen molar-refractivity contribution in [2.24, 2.45) is 0 Å². The standard InChI is InChI=1S/C26H28ClN3O4S/c1-19-9-7-10-21(15-19)17-29(20(2)26(32)28-3)25(31)18-30(23-12-8-11-22(27)16-23)35(33,34)24-13-5-4-6-14-24/h4-16,20H,17-18H2,1-3H3,(H,28,32)/t20-/m1/s1. The van der Waals surface area contributed by atoms with Gasteiger partial charge >= 0.3 is 0 Å². The fourth-order valence-corrected chi connectivity index (χ4v) is 5.29. The Kier molecular flexibility index (Phi) is 8.53. The Morgan fingerprint density at radius 2 is 1.66 bits per heavy atom. The Morgan fingerprint density at radius 1 is 0.971 bits per heavy atom. The van der Waals surface area contributed by atoms with E-state index in [1.165, 1.54) is 30.1 Å². The van der Waals surface area contributed by atoms with E-state index < -0.39 is 28.5 Å². The predicted molar refractivity (Wildman–Crippen MR) is 138 cm³/mol. The highest BCUT2D eigenvalue weighted by atomic mass is 35.5. The number of carbonyl (C=O) groups is 2. The van der Waals surface area contributed by atoms with Crippen molar-refractivity contribution in [3.8, 4) is 0 Å². The van der Waals surface area contributed by atoms with E-state index in [1.54, 1.807) is 43.3 Å². The molecule has 0 aliphatic rings. The summed E-state index contributed by atoms with van der Waals surface area (Å²) in [5.74, 6) is -0.881. The van der Waals surface area contributed by atoms with Crippen LogP contribution in [0.3, 0.4) is 0 Å². The Morgan fingerprint density at radius 3 is 2.29 bits per heavy atom. The normalized spacial score (nSPS) is 12.0. The van der Waals surface area contributed by atoms with E-state index >= 15 is 0 Å². The maximum Gasteiger partial charge on any atom is 0.264 e. The summed E-state index contributed by atoms with van der Waals surface area (Å²) in [7, 11) is -2.61. The van der Waals surface area contributed by atoms with E-state index in [-0.39, 0.29) is 23.0 Å². The van der Waals surface area contributed by atoms with Crippen LogP contribution in [0.25, 0.3) is 0 Å². The molecule has 3 aromatic rings. The highest BCUT2D eigenvalue weighted by Gasteiger charge is 2.32. The molecule has 0 aromatic heterocycles. The molecule has 0 heterocycles. The third-order valence-corrected chi connectivity index (χ3v) is 7.58.